The largest absolute Gasteiger partial charge is 0.456 e. The minimum Gasteiger partial charge on any atom is -0.456 e. The van der Waals surface area contributed by atoms with Gasteiger partial charge in [-0.2, -0.15) is 13.2 Å². The molecular weight excluding hydrogens is 282 g/mol. The van der Waals surface area contributed by atoms with E-state index in [0.717, 1.165) is 0 Å². The van der Waals surface area contributed by atoms with E-state index >= 15 is 0 Å². The van der Waals surface area contributed by atoms with E-state index in [4.69, 9.17) is 10.2 Å². The maximum atomic E-state index is 13.8. The van der Waals surface area contributed by atoms with Crippen molar-refractivity contribution >= 4 is 22.7 Å². The van der Waals surface area contributed by atoms with Crippen LogP contribution in [0.1, 0.15) is 17.4 Å². The van der Waals surface area contributed by atoms with E-state index < -0.39 is 23.8 Å². The van der Waals surface area contributed by atoms with Gasteiger partial charge in [0.2, 0.25) is 0 Å². The predicted molar refractivity (Wildman–Crippen MR) is 65.7 cm³/mol. The van der Waals surface area contributed by atoms with Gasteiger partial charge in [-0.05, 0) is 25.3 Å². The van der Waals surface area contributed by atoms with Gasteiger partial charge in [-0.25, -0.2) is 4.39 Å². The first kappa shape index (κ1) is 14.2. The van der Waals surface area contributed by atoms with Gasteiger partial charge in [-0.3, -0.25) is 0 Å². The van der Waals surface area contributed by atoms with Crippen LogP contribution in [0.5, 0.6) is 0 Å². The number of alkyl halides is 3. The summed E-state index contributed by atoms with van der Waals surface area (Å²) < 4.78 is 56.6. The molecule has 1 heterocycles. The summed E-state index contributed by atoms with van der Waals surface area (Å²) in [5.41, 5.74) is 5.14. The molecule has 1 atom stereocenters. The van der Waals surface area contributed by atoms with Crippen molar-refractivity contribution in [2.75, 3.05) is 6.26 Å². The van der Waals surface area contributed by atoms with Crippen molar-refractivity contribution < 1.29 is 22.0 Å². The van der Waals surface area contributed by atoms with Gasteiger partial charge in [-0.15, -0.1) is 11.8 Å². The van der Waals surface area contributed by atoms with Gasteiger partial charge in [0.15, 0.2) is 17.4 Å². The number of fused-ring (bicyclic) bond motifs is 1. The van der Waals surface area contributed by atoms with E-state index in [9.17, 15) is 17.6 Å². The molecule has 7 heteroatoms. The Bertz CT molecular complexity index is 620. The van der Waals surface area contributed by atoms with Gasteiger partial charge >= 0.3 is 6.18 Å². The molecule has 0 saturated carbocycles. The first-order valence-corrected chi connectivity index (χ1v) is 6.57. The minimum absolute atomic E-state index is 0.190. The fourth-order valence-electron chi connectivity index (χ4n) is 1.83. The van der Waals surface area contributed by atoms with Crippen LogP contribution < -0.4 is 5.73 Å². The summed E-state index contributed by atoms with van der Waals surface area (Å²) in [7, 11) is 0. The number of benzene rings is 1. The van der Waals surface area contributed by atoms with Crippen molar-refractivity contribution in [2.24, 2.45) is 5.73 Å². The number of nitrogens with two attached hydrogens (primary N) is 1. The molecule has 0 bridgehead atoms. The van der Waals surface area contributed by atoms with E-state index in [1.807, 2.05) is 0 Å². The van der Waals surface area contributed by atoms with E-state index in [2.05, 4.69) is 0 Å². The molecular formula is C12H11F4NOS. The molecule has 0 radical (unpaired) electrons. The zero-order valence-electron chi connectivity index (χ0n) is 10.1. The molecule has 0 saturated heterocycles. The number of aryl methyl sites for hydroxylation is 1. The van der Waals surface area contributed by atoms with E-state index in [0.29, 0.717) is 10.3 Å². The SMILES string of the molecule is CSc1cc(F)c2oc(C(N)C(F)(F)F)c(C)c2c1. The summed E-state index contributed by atoms with van der Waals surface area (Å²) in [6.07, 6.45) is -2.88. The third kappa shape index (κ3) is 2.44. The van der Waals surface area contributed by atoms with Crippen LogP contribution in [-0.2, 0) is 0 Å². The third-order valence-corrected chi connectivity index (χ3v) is 3.58. The molecule has 0 fully saturated rings. The Morgan fingerprint density at radius 1 is 1.32 bits per heavy atom. The molecule has 19 heavy (non-hydrogen) atoms. The Hall–Kier alpha value is -1.21. The monoisotopic (exact) mass is 293 g/mol. The average Bonchev–Trinajstić information content (AvgIpc) is 2.65. The van der Waals surface area contributed by atoms with Gasteiger partial charge in [0.25, 0.3) is 0 Å². The standard InChI is InChI=1S/C12H11F4NOS/c1-5-7-3-6(19-2)4-8(13)10(7)18-9(5)11(17)12(14,15)16/h3-4,11H,17H2,1-2H3. The Morgan fingerprint density at radius 3 is 2.47 bits per heavy atom. The second-order valence-electron chi connectivity index (χ2n) is 4.10. The van der Waals surface area contributed by atoms with Gasteiger partial charge < -0.3 is 10.2 Å². The molecule has 1 aromatic heterocycles. The Kier molecular flexibility index (Phi) is 3.53. The molecule has 2 aromatic rings. The lowest BCUT2D eigenvalue weighted by molar-refractivity contribution is -0.152. The van der Waals surface area contributed by atoms with Crippen LogP contribution in [0.4, 0.5) is 17.6 Å². The first-order chi connectivity index (χ1) is 8.75. The molecule has 104 valence electrons. The van der Waals surface area contributed by atoms with Crippen molar-refractivity contribution in [3.63, 3.8) is 0 Å². The van der Waals surface area contributed by atoms with Crippen molar-refractivity contribution in [3.05, 3.63) is 29.3 Å². The summed E-state index contributed by atoms with van der Waals surface area (Å²) in [4.78, 5) is 0.612. The van der Waals surface area contributed by atoms with E-state index in [-0.39, 0.29) is 11.1 Å². The minimum atomic E-state index is -4.63. The number of thioether (sulfide) groups is 1. The molecule has 1 unspecified atom stereocenters. The fourth-order valence-corrected chi connectivity index (χ4v) is 2.29. The lowest BCUT2D eigenvalue weighted by atomic mass is 10.1. The Labute approximate surface area is 110 Å². The van der Waals surface area contributed by atoms with Gasteiger partial charge in [0, 0.05) is 15.8 Å². The first-order valence-electron chi connectivity index (χ1n) is 5.34. The van der Waals surface area contributed by atoms with Crippen LogP contribution in [0.15, 0.2) is 21.4 Å². The number of halogens is 4. The van der Waals surface area contributed by atoms with E-state index in [1.54, 1.807) is 12.3 Å². The number of hydrogen-bond donors (Lipinski definition) is 1. The van der Waals surface area contributed by atoms with Crippen molar-refractivity contribution in [1.29, 1.82) is 0 Å². The van der Waals surface area contributed by atoms with Crippen molar-refractivity contribution in [1.82, 2.24) is 0 Å². The number of hydrogen-bond acceptors (Lipinski definition) is 3. The van der Waals surface area contributed by atoms with Crippen molar-refractivity contribution in [2.45, 2.75) is 24.0 Å². The highest BCUT2D eigenvalue weighted by Gasteiger charge is 2.41. The molecule has 2 N–H and O–H groups in total. The highest BCUT2D eigenvalue weighted by atomic mass is 32.2. The van der Waals surface area contributed by atoms with Crippen LogP contribution in [-0.4, -0.2) is 12.4 Å². The molecule has 0 aliphatic carbocycles. The van der Waals surface area contributed by atoms with Crippen LogP contribution in [0.3, 0.4) is 0 Å². The Balaban J connectivity index is 2.66. The highest BCUT2D eigenvalue weighted by molar-refractivity contribution is 7.98. The topological polar surface area (TPSA) is 39.2 Å². The lowest BCUT2D eigenvalue weighted by Gasteiger charge is -2.13. The number of furan rings is 1. The smallest absolute Gasteiger partial charge is 0.410 e. The maximum absolute atomic E-state index is 13.8. The van der Waals surface area contributed by atoms with Gasteiger partial charge in [0.1, 0.15) is 5.76 Å². The van der Waals surface area contributed by atoms with Crippen LogP contribution in [0.25, 0.3) is 11.0 Å². The molecule has 2 nitrogen and oxygen atoms in total. The maximum Gasteiger partial charge on any atom is 0.410 e. The van der Waals surface area contributed by atoms with Gasteiger partial charge in [0.05, 0.1) is 0 Å². The zero-order valence-corrected chi connectivity index (χ0v) is 11.0. The average molecular weight is 293 g/mol. The molecule has 0 amide bonds. The van der Waals surface area contributed by atoms with Gasteiger partial charge in [-0.1, -0.05) is 0 Å². The van der Waals surface area contributed by atoms with Crippen molar-refractivity contribution in [3.8, 4) is 0 Å². The van der Waals surface area contributed by atoms with E-state index in [1.165, 1.54) is 24.8 Å². The summed E-state index contributed by atoms with van der Waals surface area (Å²) >= 11 is 1.29. The number of rotatable bonds is 2. The molecule has 2 rings (SSSR count). The zero-order chi connectivity index (χ0) is 14.4. The lowest BCUT2D eigenvalue weighted by Crippen LogP contribution is -2.28. The summed E-state index contributed by atoms with van der Waals surface area (Å²) in [5, 5.41) is 0.319. The van der Waals surface area contributed by atoms with Crippen LogP contribution in [0, 0.1) is 12.7 Å². The summed E-state index contributed by atoms with van der Waals surface area (Å²) in [6.45, 7) is 1.44. The molecule has 0 aliphatic heterocycles. The molecule has 0 spiro atoms. The van der Waals surface area contributed by atoms with Crippen LogP contribution >= 0.6 is 11.8 Å². The summed E-state index contributed by atoms with van der Waals surface area (Å²) in [5.74, 6) is -1.13. The normalized spacial score (nSPS) is 14.1. The molecule has 1 aromatic carbocycles. The molecule has 0 aliphatic rings. The summed E-state index contributed by atoms with van der Waals surface area (Å²) in [6, 6.07) is 0.560. The third-order valence-electron chi connectivity index (χ3n) is 2.87. The van der Waals surface area contributed by atoms with Crippen LogP contribution in [0.2, 0.25) is 0 Å². The predicted octanol–water partition coefficient (Wildman–Crippen LogP) is 4.16. The Morgan fingerprint density at radius 2 is 1.95 bits per heavy atom. The second-order valence-corrected chi connectivity index (χ2v) is 4.98. The fraction of sp³-hybridized carbons (Fsp3) is 0.333. The quantitative estimate of drug-likeness (QED) is 0.667. The highest BCUT2D eigenvalue weighted by Crippen LogP contribution is 2.38. The second kappa shape index (κ2) is 4.72.